The number of hydrogen-bond donors (Lipinski definition) is 1. The molecule has 94 valence electrons. The van der Waals surface area contributed by atoms with Crippen LogP contribution in [0.25, 0.3) is 0 Å². The van der Waals surface area contributed by atoms with Crippen LogP contribution < -0.4 is 0 Å². The van der Waals surface area contributed by atoms with Crippen LogP contribution in [-0.4, -0.2) is 53.2 Å². The average Bonchev–Trinajstić information content (AvgIpc) is 2.55. The van der Waals surface area contributed by atoms with Gasteiger partial charge in [-0.25, -0.2) is 4.79 Å². The maximum Gasteiger partial charge on any atom is 0.320 e. The molecular weight excluding hydrogens is 204 g/mol. The van der Waals surface area contributed by atoms with Crippen LogP contribution in [0.3, 0.4) is 0 Å². The predicted molar refractivity (Wildman–Crippen MR) is 64.4 cm³/mol. The summed E-state index contributed by atoms with van der Waals surface area (Å²) in [5.41, 5.74) is 0. The third kappa shape index (κ3) is 3.11. The Hall–Kier alpha value is -0.770. The largest absolute Gasteiger partial charge is 0.394 e. The van der Waals surface area contributed by atoms with Gasteiger partial charge in [0.1, 0.15) is 0 Å². The normalized spacial score (nSPS) is 21.7. The Labute approximate surface area is 98.2 Å². The lowest BCUT2D eigenvalue weighted by Gasteiger charge is -2.33. The van der Waals surface area contributed by atoms with Gasteiger partial charge in [0.2, 0.25) is 0 Å². The van der Waals surface area contributed by atoms with E-state index in [1.54, 1.807) is 0 Å². The van der Waals surface area contributed by atoms with Crippen LogP contribution >= 0.6 is 0 Å². The molecule has 16 heavy (non-hydrogen) atoms. The van der Waals surface area contributed by atoms with Crippen molar-refractivity contribution in [3.63, 3.8) is 0 Å². The number of nitrogens with zero attached hydrogens (tertiary/aromatic N) is 2. The maximum absolute atomic E-state index is 12.2. The minimum Gasteiger partial charge on any atom is -0.394 e. The minimum absolute atomic E-state index is 0.0237. The van der Waals surface area contributed by atoms with Crippen molar-refractivity contribution in [3.8, 4) is 0 Å². The first-order valence-electron chi connectivity index (χ1n) is 6.41. The van der Waals surface area contributed by atoms with Crippen molar-refractivity contribution in [3.05, 3.63) is 0 Å². The summed E-state index contributed by atoms with van der Waals surface area (Å²) in [5, 5.41) is 9.35. The van der Waals surface area contributed by atoms with Crippen LogP contribution in [0.2, 0.25) is 0 Å². The molecule has 0 aromatic rings. The van der Waals surface area contributed by atoms with Crippen molar-refractivity contribution in [1.29, 1.82) is 0 Å². The molecule has 1 saturated heterocycles. The molecule has 1 rings (SSSR count). The molecule has 1 fully saturated rings. The third-order valence-electron chi connectivity index (χ3n) is 3.37. The summed E-state index contributed by atoms with van der Waals surface area (Å²) in [6, 6.07) is 0.113. The van der Waals surface area contributed by atoms with Gasteiger partial charge in [0.15, 0.2) is 0 Å². The van der Waals surface area contributed by atoms with Crippen LogP contribution in [0.5, 0.6) is 0 Å². The Morgan fingerprint density at radius 1 is 1.31 bits per heavy atom. The summed E-state index contributed by atoms with van der Waals surface area (Å²) in [4.78, 5) is 15.9. The summed E-state index contributed by atoms with van der Waals surface area (Å²) < 4.78 is 0. The van der Waals surface area contributed by atoms with Gasteiger partial charge >= 0.3 is 6.03 Å². The molecule has 1 atom stereocenters. The van der Waals surface area contributed by atoms with E-state index in [1.807, 2.05) is 23.6 Å². The molecule has 0 aromatic heterocycles. The zero-order valence-corrected chi connectivity index (χ0v) is 10.5. The second-order valence-corrected chi connectivity index (χ2v) is 4.33. The Morgan fingerprint density at radius 2 is 2.00 bits per heavy atom. The van der Waals surface area contributed by atoms with Gasteiger partial charge in [-0.15, -0.1) is 0 Å². The van der Waals surface area contributed by atoms with Crippen molar-refractivity contribution < 1.29 is 9.90 Å². The molecule has 0 saturated carbocycles. The van der Waals surface area contributed by atoms with E-state index in [0.717, 1.165) is 38.9 Å². The van der Waals surface area contributed by atoms with E-state index in [2.05, 4.69) is 0 Å². The van der Waals surface area contributed by atoms with Crippen LogP contribution in [0.4, 0.5) is 4.79 Å². The SMILES string of the molecule is CCN(CC)C(=O)N1CCCCCC1CO. The molecule has 0 aromatic carbocycles. The van der Waals surface area contributed by atoms with Crippen LogP contribution in [-0.2, 0) is 0 Å². The van der Waals surface area contributed by atoms with Gasteiger partial charge in [0.25, 0.3) is 0 Å². The number of urea groups is 1. The molecule has 1 unspecified atom stereocenters. The van der Waals surface area contributed by atoms with Crippen molar-refractivity contribution in [2.75, 3.05) is 26.2 Å². The highest BCUT2D eigenvalue weighted by molar-refractivity contribution is 5.74. The van der Waals surface area contributed by atoms with Gasteiger partial charge in [-0.3, -0.25) is 0 Å². The minimum atomic E-state index is 0.0237. The Bertz CT molecular complexity index is 217. The number of aliphatic hydroxyl groups is 1. The average molecular weight is 228 g/mol. The zero-order valence-electron chi connectivity index (χ0n) is 10.5. The van der Waals surface area contributed by atoms with Crippen molar-refractivity contribution in [2.24, 2.45) is 0 Å². The highest BCUT2D eigenvalue weighted by atomic mass is 16.3. The highest BCUT2D eigenvalue weighted by Gasteiger charge is 2.27. The molecule has 0 aliphatic carbocycles. The second kappa shape index (κ2) is 6.74. The molecular formula is C12H24N2O2. The number of carbonyl (C=O) groups is 1. The number of rotatable bonds is 3. The molecule has 2 amide bonds. The first-order valence-corrected chi connectivity index (χ1v) is 6.41. The topological polar surface area (TPSA) is 43.8 Å². The maximum atomic E-state index is 12.2. The first-order chi connectivity index (χ1) is 7.74. The molecule has 0 bridgehead atoms. The monoisotopic (exact) mass is 228 g/mol. The fourth-order valence-electron chi connectivity index (χ4n) is 2.29. The molecule has 1 aliphatic heterocycles. The molecule has 1 N–H and O–H groups in total. The smallest absolute Gasteiger partial charge is 0.320 e. The van der Waals surface area contributed by atoms with Gasteiger partial charge in [-0.05, 0) is 26.7 Å². The van der Waals surface area contributed by atoms with E-state index in [4.69, 9.17) is 0 Å². The summed E-state index contributed by atoms with van der Waals surface area (Å²) in [6.45, 7) is 6.35. The molecule has 4 nitrogen and oxygen atoms in total. The Balaban J connectivity index is 2.68. The van der Waals surface area contributed by atoms with Gasteiger partial charge in [0, 0.05) is 19.6 Å². The number of aliphatic hydroxyl groups excluding tert-OH is 1. The summed E-state index contributed by atoms with van der Waals surface area (Å²) in [5.74, 6) is 0. The standard InChI is InChI=1S/C12H24N2O2/c1-3-13(4-2)12(16)14-9-7-5-6-8-11(14)10-15/h11,15H,3-10H2,1-2H3. The molecule has 1 aliphatic rings. The van der Waals surface area contributed by atoms with Crippen molar-refractivity contribution in [1.82, 2.24) is 9.80 Å². The molecule has 1 heterocycles. The zero-order chi connectivity index (χ0) is 12.0. The summed E-state index contributed by atoms with van der Waals surface area (Å²) in [7, 11) is 0. The van der Waals surface area contributed by atoms with Crippen LogP contribution in [0.15, 0.2) is 0 Å². The lowest BCUT2D eigenvalue weighted by atomic mass is 10.1. The number of carbonyl (C=O) groups excluding carboxylic acids is 1. The van der Waals surface area contributed by atoms with Gasteiger partial charge < -0.3 is 14.9 Å². The van der Waals surface area contributed by atoms with Crippen LogP contribution in [0.1, 0.15) is 39.5 Å². The fraction of sp³-hybridized carbons (Fsp3) is 0.917. The van der Waals surface area contributed by atoms with Crippen LogP contribution in [0, 0.1) is 0 Å². The number of hydrogen-bond acceptors (Lipinski definition) is 2. The molecule has 0 radical (unpaired) electrons. The molecule has 0 spiro atoms. The first kappa shape index (κ1) is 13.3. The summed E-state index contributed by atoms with van der Waals surface area (Å²) >= 11 is 0. The van der Waals surface area contributed by atoms with E-state index in [1.165, 1.54) is 6.42 Å². The highest BCUT2D eigenvalue weighted by Crippen LogP contribution is 2.18. The van der Waals surface area contributed by atoms with Gasteiger partial charge in [-0.2, -0.15) is 0 Å². The van der Waals surface area contributed by atoms with Gasteiger partial charge in [0.05, 0.1) is 12.6 Å². The Kier molecular flexibility index (Phi) is 5.60. The van der Waals surface area contributed by atoms with Crippen molar-refractivity contribution in [2.45, 2.75) is 45.6 Å². The number of amides is 2. The van der Waals surface area contributed by atoms with E-state index in [9.17, 15) is 9.90 Å². The van der Waals surface area contributed by atoms with E-state index in [0.29, 0.717) is 0 Å². The predicted octanol–water partition coefficient (Wildman–Crippen LogP) is 1.69. The van der Waals surface area contributed by atoms with Crippen molar-refractivity contribution >= 4 is 6.03 Å². The second-order valence-electron chi connectivity index (χ2n) is 4.33. The third-order valence-corrected chi connectivity index (χ3v) is 3.37. The molecule has 4 heteroatoms. The Morgan fingerprint density at radius 3 is 2.56 bits per heavy atom. The van der Waals surface area contributed by atoms with E-state index in [-0.39, 0.29) is 18.7 Å². The fourth-order valence-corrected chi connectivity index (χ4v) is 2.29. The van der Waals surface area contributed by atoms with E-state index >= 15 is 0 Å². The lowest BCUT2D eigenvalue weighted by molar-refractivity contribution is 0.109. The van der Waals surface area contributed by atoms with E-state index < -0.39 is 0 Å². The van der Waals surface area contributed by atoms with Gasteiger partial charge in [-0.1, -0.05) is 12.8 Å². The summed E-state index contributed by atoms with van der Waals surface area (Å²) in [6.07, 6.45) is 4.28. The lowest BCUT2D eigenvalue weighted by Crippen LogP contribution is -2.49. The quantitative estimate of drug-likeness (QED) is 0.798. The number of likely N-dealkylation sites (tertiary alicyclic amines) is 1.